The molecule has 0 saturated carbocycles. The van der Waals surface area contributed by atoms with Crippen LogP contribution in [0.15, 0.2) is 11.1 Å². The highest BCUT2D eigenvalue weighted by molar-refractivity contribution is 6.80. The summed E-state index contributed by atoms with van der Waals surface area (Å²) in [6.45, 7) is 0. The minimum Gasteiger partial charge on any atom is -0.181 e. The molecule has 0 fully saturated rings. The molecule has 0 unspecified atom stereocenters. The van der Waals surface area contributed by atoms with Crippen LogP contribution in [-0.4, -0.2) is 9.55 Å². The minimum absolute atomic E-state index is 0.778. The second-order valence-corrected chi connectivity index (χ2v) is 0.756. The quantitative estimate of drug-likeness (QED) is 0.375. The summed E-state index contributed by atoms with van der Waals surface area (Å²) >= 11 is 14.5. The van der Waals surface area contributed by atoms with Crippen LogP contribution in [0.5, 0.6) is 0 Å². The molecule has 0 atom stereocenters. The smallest absolute Gasteiger partial charge is 0.109 e. The fourth-order valence-corrected chi connectivity index (χ4v) is 0. The third kappa shape index (κ3) is 21.2. The molecule has 0 aliphatic heterocycles. The summed E-state index contributed by atoms with van der Waals surface area (Å²) in [4.78, 5) is 0. The Kier molecular flexibility index (Phi) is 28.2. The molecule has 0 aromatic carbocycles. The molecule has 0 amide bonds. The van der Waals surface area contributed by atoms with Crippen LogP contribution in [-0.2, 0) is 0 Å². The van der Waals surface area contributed by atoms with Crippen molar-refractivity contribution in [2.75, 3.05) is 0 Å². The SMILES string of the molecule is ClC=CCl.[SiH3]Cl. The normalized spacial score (nSPS) is 7.83. The zero-order valence-corrected chi connectivity index (χ0v) is 7.56. The van der Waals surface area contributed by atoms with Gasteiger partial charge in [0.05, 0.1) is 0 Å². The van der Waals surface area contributed by atoms with E-state index in [9.17, 15) is 0 Å². The van der Waals surface area contributed by atoms with Gasteiger partial charge < -0.3 is 0 Å². The van der Waals surface area contributed by atoms with Crippen molar-refractivity contribution in [3.63, 3.8) is 0 Å². The first-order valence-corrected chi connectivity index (χ1v) is 5.04. The highest BCUT2D eigenvalue weighted by Gasteiger charge is 1.40. The predicted octanol–water partition coefficient (Wildman–Crippen LogP) is 1.44. The van der Waals surface area contributed by atoms with E-state index in [1.165, 1.54) is 11.1 Å². The summed E-state index contributed by atoms with van der Waals surface area (Å²) < 4.78 is 0. The number of halogens is 3. The lowest BCUT2D eigenvalue weighted by atomic mass is 11.3. The van der Waals surface area contributed by atoms with Crippen LogP contribution in [0.25, 0.3) is 0 Å². The standard InChI is InChI=1S/C2H2Cl2.ClH3Si/c3-1-2-4;1-2/h1-2H;2H3. The van der Waals surface area contributed by atoms with Gasteiger partial charge in [0.1, 0.15) is 9.55 Å². The Morgan fingerprint density at radius 1 is 1.00 bits per heavy atom. The van der Waals surface area contributed by atoms with Gasteiger partial charge in [-0.3, -0.25) is 0 Å². The Labute approximate surface area is 55.2 Å². The van der Waals surface area contributed by atoms with Crippen molar-refractivity contribution in [2.24, 2.45) is 0 Å². The van der Waals surface area contributed by atoms with Crippen molar-refractivity contribution in [1.29, 1.82) is 0 Å². The van der Waals surface area contributed by atoms with E-state index in [0.29, 0.717) is 0 Å². The van der Waals surface area contributed by atoms with Crippen LogP contribution in [0.2, 0.25) is 0 Å². The first kappa shape index (κ1) is 9.95. The molecule has 0 bridgehead atoms. The average Bonchev–Trinajstić information content (AvgIpc) is 1.72. The number of hydrogen-bond donors (Lipinski definition) is 0. The Morgan fingerprint density at radius 3 is 1.17 bits per heavy atom. The molecule has 0 aromatic heterocycles. The highest BCUT2D eigenvalue weighted by atomic mass is 35.6. The maximum atomic E-state index is 4.87. The zero-order valence-electron chi connectivity index (χ0n) is 3.29. The van der Waals surface area contributed by atoms with E-state index >= 15 is 0 Å². The first-order valence-electron chi connectivity index (χ1n) is 1.15. The van der Waals surface area contributed by atoms with Crippen molar-refractivity contribution in [1.82, 2.24) is 0 Å². The molecule has 0 nitrogen and oxygen atoms in total. The van der Waals surface area contributed by atoms with Crippen LogP contribution < -0.4 is 0 Å². The number of rotatable bonds is 0. The maximum Gasteiger partial charge on any atom is 0.109 e. The van der Waals surface area contributed by atoms with Gasteiger partial charge in [0.15, 0.2) is 0 Å². The summed E-state index contributed by atoms with van der Waals surface area (Å²) in [6, 6.07) is 0. The summed E-state index contributed by atoms with van der Waals surface area (Å²) in [5.74, 6) is 0. The summed E-state index contributed by atoms with van der Waals surface area (Å²) in [7, 11) is 0.778. The van der Waals surface area contributed by atoms with E-state index in [4.69, 9.17) is 34.3 Å². The lowest BCUT2D eigenvalue weighted by Crippen LogP contribution is -1.11. The number of hydrogen-bond acceptors (Lipinski definition) is 0. The fourth-order valence-electron chi connectivity index (χ4n) is 0. The fraction of sp³-hybridized carbons (Fsp3) is 0. The largest absolute Gasteiger partial charge is 0.181 e. The molecule has 0 aliphatic carbocycles. The highest BCUT2D eigenvalue weighted by Crippen LogP contribution is 1.78. The van der Waals surface area contributed by atoms with E-state index in [1.807, 2.05) is 0 Å². The molecule has 38 valence electrons. The van der Waals surface area contributed by atoms with Crippen molar-refractivity contribution in [3.05, 3.63) is 11.1 Å². The van der Waals surface area contributed by atoms with E-state index in [2.05, 4.69) is 0 Å². The first-order chi connectivity index (χ1) is 2.91. The van der Waals surface area contributed by atoms with E-state index in [-0.39, 0.29) is 0 Å². The van der Waals surface area contributed by atoms with Crippen molar-refractivity contribution >= 4 is 43.8 Å². The Bertz CT molecular complexity index is 24.0. The van der Waals surface area contributed by atoms with E-state index in [1.54, 1.807) is 0 Å². The third-order valence-electron chi connectivity index (χ3n) is 0.0476. The lowest BCUT2D eigenvalue weighted by Gasteiger charge is -1.44. The second-order valence-electron chi connectivity index (χ2n) is 0.252. The van der Waals surface area contributed by atoms with Gasteiger partial charge in [-0.2, -0.15) is 11.1 Å². The van der Waals surface area contributed by atoms with Crippen LogP contribution in [0.3, 0.4) is 0 Å². The molecule has 6 heavy (non-hydrogen) atoms. The van der Waals surface area contributed by atoms with E-state index < -0.39 is 0 Å². The molecule has 0 aromatic rings. The zero-order chi connectivity index (χ0) is 5.41. The van der Waals surface area contributed by atoms with Gasteiger partial charge in [-0.05, 0) is 0 Å². The molecular formula is C2H5Cl3Si. The van der Waals surface area contributed by atoms with Gasteiger partial charge in [-0.15, -0.1) is 0 Å². The van der Waals surface area contributed by atoms with Gasteiger partial charge in [-0.25, -0.2) is 0 Å². The molecule has 0 heterocycles. The van der Waals surface area contributed by atoms with Crippen molar-refractivity contribution in [3.8, 4) is 0 Å². The molecule has 0 radical (unpaired) electrons. The molecular weight excluding hydrogens is 158 g/mol. The van der Waals surface area contributed by atoms with Gasteiger partial charge in [0.2, 0.25) is 0 Å². The maximum absolute atomic E-state index is 4.87. The Morgan fingerprint density at radius 2 is 1.17 bits per heavy atom. The van der Waals surface area contributed by atoms with Crippen LogP contribution in [0.4, 0.5) is 0 Å². The monoisotopic (exact) mass is 162 g/mol. The topological polar surface area (TPSA) is 0 Å². The van der Waals surface area contributed by atoms with Crippen LogP contribution in [0, 0.1) is 0 Å². The van der Waals surface area contributed by atoms with Gasteiger partial charge in [0.25, 0.3) is 0 Å². The van der Waals surface area contributed by atoms with Gasteiger partial charge in [-0.1, -0.05) is 23.2 Å². The molecule has 0 saturated heterocycles. The molecule has 0 spiro atoms. The van der Waals surface area contributed by atoms with Crippen molar-refractivity contribution in [2.45, 2.75) is 0 Å². The minimum atomic E-state index is 0.778. The Balaban J connectivity index is 0. The average molecular weight is 164 g/mol. The summed E-state index contributed by atoms with van der Waals surface area (Å²) in [5.41, 5.74) is 2.48. The summed E-state index contributed by atoms with van der Waals surface area (Å²) in [5, 5.41) is 0. The molecule has 0 aliphatic rings. The molecule has 4 heteroatoms. The molecule has 0 rings (SSSR count). The van der Waals surface area contributed by atoms with Gasteiger partial charge in [0, 0.05) is 11.1 Å². The molecule has 0 N–H and O–H groups in total. The van der Waals surface area contributed by atoms with Crippen LogP contribution in [0.1, 0.15) is 0 Å². The van der Waals surface area contributed by atoms with Gasteiger partial charge >= 0.3 is 0 Å². The predicted molar refractivity (Wildman–Crippen MR) is 36.6 cm³/mol. The Hall–Kier alpha value is 0.827. The lowest BCUT2D eigenvalue weighted by molar-refractivity contribution is 2.51. The van der Waals surface area contributed by atoms with E-state index in [0.717, 1.165) is 9.55 Å². The van der Waals surface area contributed by atoms with Crippen molar-refractivity contribution < 1.29 is 0 Å². The second kappa shape index (κ2) is 17.0. The third-order valence-corrected chi connectivity index (χ3v) is 0.429. The summed E-state index contributed by atoms with van der Waals surface area (Å²) in [6.07, 6.45) is 0. The van der Waals surface area contributed by atoms with Crippen LogP contribution >= 0.6 is 34.3 Å².